The highest BCUT2D eigenvalue weighted by Crippen LogP contribution is 2.43. The average molecular weight is 400 g/mol. The van der Waals surface area contributed by atoms with Gasteiger partial charge in [-0.1, -0.05) is 0 Å². The molecule has 1 aliphatic carbocycles. The standard InChI is InChI=1S/C20H22F2N6O/c1-29-16-8-17-24-10-15(28(17)27-18(16)11-4-5-11)19-13(21)7-14(22)20(26-19)25-12-3-2-6-23-9-12/h7-8,10-12,23H,2-6,9H2,1H3,(H,25,26)/t12-/m1/s1. The zero-order valence-corrected chi connectivity index (χ0v) is 16.1. The number of anilines is 1. The highest BCUT2D eigenvalue weighted by Gasteiger charge is 2.30. The summed E-state index contributed by atoms with van der Waals surface area (Å²) in [5, 5.41) is 11.0. The summed E-state index contributed by atoms with van der Waals surface area (Å²) in [4.78, 5) is 8.59. The fourth-order valence-electron chi connectivity index (χ4n) is 3.79. The van der Waals surface area contributed by atoms with Crippen molar-refractivity contribution in [2.24, 2.45) is 0 Å². The van der Waals surface area contributed by atoms with E-state index in [0.717, 1.165) is 50.5 Å². The van der Waals surface area contributed by atoms with Crippen LogP contribution >= 0.6 is 0 Å². The molecule has 1 saturated carbocycles. The predicted octanol–water partition coefficient (Wildman–Crippen LogP) is 3.12. The molecule has 0 unspecified atom stereocenters. The number of rotatable bonds is 5. The largest absolute Gasteiger partial charge is 0.495 e. The summed E-state index contributed by atoms with van der Waals surface area (Å²) in [6.45, 7) is 1.67. The van der Waals surface area contributed by atoms with E-state index in [1.807, 2.05) is 0 Å². The third-order valence-corrected chi connectivity index (χ3v) is 5.48. The van der Waals surface area contributed by atoms with Gasteiger partial charge < -0.3 is 15.4 Å². The molecule has 1 saturated heterocycles. The van der Waals surface area contributed by atoms with Crippen molar-refractivity contribution in [1.29, 1.82) is 0 Å². The molecule has 2 fully saturated rings. The maximum atomic E-state index is 14.7. The lowest BCUT2D eigenvalue weighted by atomic mass is 10.1. The van der Waals surface area contributed by atoms with Gasteiger partial charge in [0.2, 0.25) is 0 Å². The quantitative estimate of drug-likeness (QED) is 0.685. The Morgan fingerprint density at radius 3 is 2.79 bits per heavy atom. The van der Waals surface area contributed by atoms with Gasteiger partial charge in [0.25, 0.3) is 0 Å². The van der Waals surface area contributed by atoms with Gasteiger partial charge in [-0.05, 0) is 32.2 Å². The summed E-state index contributed by atoms with van der Waals surface area (Å²) in [7, 11) is 1.60. The van der Waals surface area contributed by atoms with Crippen LogP contribution in [0.4, 0.5) is 14.6 Å². The summed E-state index contributed by atoms with van der Waals surface area (Å²) < 4.78 is 36.1. The molecule has 152 valence electrons. The van der Waals surface area contributed by atoms with E-state index in [4.69, 9.17) is 4.74 Å². The lowest BCUT2D eigenvalue weighted by Gasteiger charge is -2.24. The second kappa shape index (κ2) is 7.22. The van der Waals surface area contributed by atoms with Crippen molar-refractivity contribution in [3.8, 4) is 17.1 Å². The Labute approximate surface area is 166 Å². The van der Waals surface area contributed by atoms with Crippen LogP contribution < -0.4 is 15.4 Å². The van der Waals surface area contributed by atoms with Gasteiger partial charge in [-0.2, -0.15) is 5.10 Å². The number of halogens is 2. The molecule has 0 radical (unpaired) electrons. The number of nitrogens with zero attached hydrogens (tertiary/aromatic N) is 4. The SMILES string of the molecule is COc1cc2ncc(-c3nc(N[C@@H]4CCCNC4)c(F)cc3F)n2nc1C1CC1. The molecule has 2 aliphatic rings. The molecule has 3 aromatic rings. The molecule has 2 N–H and O–H groups in total. The van der Waals surface area contributed by atoms with Gasteiger partial charge in [0.15, 0.2) is 23.1 Å². The van der Waals surface area contributed by atoms with E-state index in [2.05, 4.69) is 25.7 Å². The van der Waals surface area contributed by atoms with E-state index in [9.17, 15) is 8.78 Å². The fraction of sp³-hybridized carbons (Fsp3) is 0.450. The third-order valence-electron chi connectivity index (χ3n) is 5.48. The second-order valence-electron chi connectivity index (χ2n) is 7.62. The van der Waals surface area contributed by atoms with Crippen molar-refractivity contribution < 1.29 is 13.5 Å². The van der Waals surface area contributed by atoms with Gasteiger partial charge in [0, 0.05) is 30.6 Å². The number of nitrogens with one attached hydrogen (secondary N) is 2. The Hall–Kier alpha value is -2.81. The second-order valence-corrected chi connectivity index (χ2v) is 7.62. The van der Waals surface area contributed by atoms with Crippen molar-refractivity contribution >= 4 is 11.5 Å². The smallest absolute Gasteiger partial charge is 0.168 e. The molecular weight excluding hydrogens is 378 g/mol. The minimum absolute atomic E-state index is 0.0181. The first kappa shape index (κ1) is 18.2. The minimum atomic E-state index is -0.748. The molecule has 3 aromatic heterocycles. The number of aromatic nitrogens is 4. The summed E-state index contributed by atoms with van der Waals surface area (Å²) in [5.41, 5.74) is 1.75. The van der Waals surface area contributed by atoms with Crippen LogP contribution in [0.15, 0.2) is 18.3 Å². The maximum Gasteiger partial charge on any atom is 0.168 e. The first-order chi connectivity index (χ1) is 14.1. The molecule has 5 rings (SSSR count). The van der Waals surface area contributed by atoms with Crippen LogP contribution in [0, 0.1) is 11.6 Å². The summed E-state index contributed by atoms with van der Waals surface area (Å²) in [5.74, 6) is -0.398. The lowest BCUT2D eigenvalue weighted by Crippen LogP contribution is -2.38. The van der Waals surface area contributed by atoms with Crippen LogP contribution in [0.3, 0.4) is 0 Å². The number of imidazole rings is 1. The van der Waals surface area contributed by atoms with Gasteiger partial charge in [-0.25, -0.2) is 23.3 Å². The summed E-state index contributed by atoms with van der Waals surface area (Å²) in [6, 6.07) is 2.71. The van der Waals surface area contributed by atoms with Crippen molar-refractivity contribution in [1.82, 2.24) is 24.9 Å². The number of piperidine rings is 1. The molecule has 29 heavy (non-hydrogen) atoms. The first-order valence-corrected chi connectivity index (χ1v) is 9.90. The summed E-state index contributed by atoms with van der Waals surface area (Å²) in [6.07, 6.45) is 5.50. The van der Waals surface area contributed by atoms with E-state index in [1.54, 1.807) is 17.7 Å². The van der Waals surface area contributed by atoms with E-state index >= 15 is 0 Å². The molecule has 1 aliphatic heterocycles. The van der Waals surface area contributed by atoms with E-state index < -0.39 is 11.6 Å². The van der Waals surface area contributed by atoms with Crippen LogP contribution in [0.1, 0.15) is 37.3 Å². The molecule has 0 bridgehead atoms. The fourth-order valence-corrected chi connectivity index (χ4v) is 3.79. The summed E-state index contributed by atoms with van der Waals surface area (Å²) >= 11 is 0. The van der Waals surface area contributed by atoms with E-state index in [0.29, 0.717) is 23.0 Å². The van der Waals surface area contributed by atoms with E-state index in [1.165, 1.54) is 6.20 Å². The number of hydrogen-bond acceptors (Lipinski definition) is 6. The number of pyridine rings is 1. The van der Waals surface area contributed by atoms with Crippen LogP contribution in [-0.4, -0.2) is 45.8 Å². The van der Waals surface area contributed by atoms with Gasteiger partial charge in [-0.15, -0.1) is 0 Å². The first-order valence-electron chi connectivity index (χ1n) is 9.90. The Morgan fingerprint density at radius 2 is 2.07 bits per heavy atom. The van der Waals surface area contributed by atoms with Gasteiger partial charge in [0.1, 0.15) is 22.8 Å². The molecule has 0 amide bonds. The Balaban J connectivity index is 1.57. The molecule has 0 aromatic carbocycles. The molecule has 9 heteroatoms. The van der Waals surface area contributed by atoms with Crippen molar-refractivity contribution in [3.63, 3.8) is 0 Å². The molecule has 1 atom stereocenters. The van der Waals surface area contributed by atoms with E-state index in [-0.39, 0.29) is 17.6 Å². The van der Waals surface area contributed by atoms with Gasteiger partial charge in [-0.3, -0.25) is 0 Å². The Bertz CT molecular complexity index is 1060. The van der Waals surface area contributed by atoms with Crippen molar-refractivity contribution in [2.75, 3.05) is 25.5 Å². The van der Waals surface area contributed by atoms with Crippen molar-refractivity contribution in [2.45, 2.75) is 37.6 Å². The normalized spacial score (nSPS) is 19.5. The number of ether oxygens (including phenoxy) is 1. The number of methoxy groups -OCH3 is 1. The maximum absolute atomic E-state index is 14.7. The Kier molecular flexibility index (Phi) is 4.54. The average Bonchev–Trinajstić information content (AvgIpc) is 3.50. The third kappa shape index (κ3) is 3.39. The zero-order valence-electron chi connectivity index (χ0n) is 16.1. The van der Waals surface area contributed by atoms with Crippen molar-refractivity contribution in [3.05, 3.63) is 35.7 Å². The number of hydrogen-bond donors (Lipinski definition) is 2. The highest BCUT2D eigenvalue weighted by atomic mass is 19.1. The van der Waals surface area contributed by atoms with Gasteiger partial charge >= 0.3 is 0 Å². The van der Waals surface area contributed by atoms with Crippen LogP contribution in [0.25, 0.3) is 17.0 Å². The molecule has 7 nitrogen and oxygen atoms in total. The van der Waals surface area contributed by atoms with Gasteiger partial charge in [0.05, 0.1) is 13.3 Å². The number of fused-ring (bicyclic) bond motifs is 1. The minimum Gasteiger partial charge on any atom is -0.495 e. The highest BCUT2D eigenvalue weighted by molar-refractivity contribution is 5.63. The van der Waals surface area contributed by atoms with Crippen LogP contribution in [-0.2, 0) is 0 Å². The predicted molar refractivity (Wildman–Crippen MR) is 104 cm³/mol. The lowest BCUT2D eigenvalue weighted by molar-refractivity contribution is 0.405. The van der Waals surface area contributed by atoms with Crippen LogP contribution in [0.2, 0.25) is 0 Å². The van der Waals surface area contributed by atoms with Crippen LogP contribution in [0.5, 0.6) is 5.75 Å². The monoisotopic (exact) mass is 400 g/mol. The topological polar surface area (TPSA) is 76.4 Å². The Morgan fingerprint density at radius 1 is 1.21 bits per heavy atom. The molecule has 0 spiro atoms. The molecule has 4 heterocycles. The zero-order chi connectivity index (χ0) is 20.0. The molecular formula is C20H22F2N6O.